The van der Waals surface area contributed by atoms with Gasteiger partial charge < -0.3 is 5.11 Å². The van der Waals surface area contributed by atoms with Crippen LogP contribution in [0.15, 0.2) is 79.0 Å². The number of phenols is 1. The number of hydrazine groups is 1. The van der Waals surface area contributed by atoms with E-state index in [0.717, 1.165) is 22.3 Å². The summed E-state index contributed by atoms with van der Waals surface area (Å²) in [5, 5.41) is 21.0. The first-order valence-electron chi connectivity index (χ1n) is 9.68. The summed E-state index contributed by atoms with van der Waals surface area (Å²) in [7, 11) is 0. The number of carbonyl (C=O) groups is 1. The highest BCUT2D eigenvalue weighted by molar-refractivity contribution is 6.31. The highest BCUT2D eigenvalue weighted by Gasteiger charge is 2.17. The lowest BCUT2D eigenvalue weighted by molar-refractivity contribution is -0.117. The second kappa shape index (κ2) is 9.68. The number of aromatic nitrogens is 2. The molecular formula is C24H18Cl2N4O2. The molecule has 0 aliphatic carbocycles. The minimum absolute atomic E-state index is 0.0973. The average molecular weight is 465 g/mol. The molecule has 0 unspecified atom stereocenters. The van der Waals surface area contributed by atoms with Crippen LogP contribution in [0, 0.1) is 0 Å². The molecule has 6 nitrogen and oxygen atoms in total. The van der Waals surface area contributed by atoms with Crippen LogP contribution >= 0.6 is 23.2 Å². The van der Waals surface area contributed by atoms with Gasteiger partial charge in [-0.05, 0) is 41.5 Å². The van der Waals surface area contributed by atoms with E-state index < -0.39 is 0 Å². The van der Waals surface area contributed by atoms with Crippen molar-refractivity contribution in [3.05, 3.63) is 94.6 Å². The molecule has 1 aromatic heterocycles. The van der Waals surface area contributed by atoms with Gasteiger partial charge in [-0.15, -0.1) is 5.10 Å². The molecule has 8 heteroatoms. The lowest BCUT2D eigenvalue weighted by atomic mass is 9.97. The van der Waals surface area contributed by atoms with Gasteiger partial charge in [0.1, 0.15) is 5.75 Å². The van der Waals surface area contributed by atoms with Crippen molar-refractivity contribution in [2.24, 2.45) is 0 Å². The van der Waals surface area contributed by atoms with Crippen LogP contribution in [0.25, 0.3) is 22.3 Å². The van der Waals surface area contributed by atoms with Gasteiger partial charge in [0.15, 0.2) is 5.82 Å². The van der Waals surface area contributed by atoms with Gasteiger partial charge in [-0.3, -0.25) is 15.2 Å². The Labute approximate surface area is 195 Å². The van der Waals surface area contributed by atoms with Crippen molar-refractivity contribution >= 4 is 35.4 Å². The fourth-order valence-corrected chi connectivity index (χ4v) is 3.54. The standard InChI is InChI=1S/C24H18Cl2N4O2/c25-19-9-5-16(6-10-19)21-13-27-28-24(23(21)17-7-11-20(26)12-8-17)29-30(15-31)14-18-3-1-2-4-22(18)32/h1-13,15,32H,14H2,(H,28,29). The number of carbonyl (C=O) groups excluding carboxylic acids is 1. The first kappa shape index (κ1) is 21.6. The van der Waals surface area contributed by atoms with Crippen molar-refractivity contribution in [2.75, 3.05) is 5.43 Å². The van der Waals surface area contributed by atoms with E-state index in [1.165, 1.54) is 5.01 Å². The normalized spacial score (nSPS) is 10.6. The van der Waals surface area contributed by atoms with E-state index in [4.69, 9.17) is 23.2 Å². The molecule has 3 aromatic carbocycles. The monoisotopic (exact) mass is 464 g/mol. The molecule has 4 rings (SSSR count). The van der Waals surface area contributed by atoms with Gasteiger partial charge in [0.2, 0.25) is 6.41 Å². The smallest absolute Gasteiger partial charge is 0.228 e. The molecule has 0 aliphatic rings. The third kappa shape index (κ3) is 4.82. The molecule has 0 aliphatic heterocycles. The summed E-state index contributed by atoms with van der Waals surface area (Å²) < 4.78 is 0. The number of phenolic OH excluding ortho intramolecular Hbond substituents is 1. The van der Waals surface area contributed by atoms with E-state index in [1.807, 2.05) is 24.3 Å². The van der Waals surface area contributed by atoms with Crippen molar-refractivity contribution in [3.8, 4) is 28.0 Å². The summed E-state index contributed by atoms with van der Waals surface area (Å²) in [6.45, 7) is 0.128. The maximum absolute atomic E-state index is 11.8. The maximum Gasteiger partial charge on any atom is 0.228 e. The summed E-state index contributed by atoms with van der Waals surface area (Å²) >= 11 is 12.1. The van der Waals surface area contributed by atoms with E-state index in [1.54, 1.807) is 54.7 Å². The second-order valence-corrected chi connectivity index (χ2v) is 7.84. The molecule has 0 saturated heterocycles. The van der Waals surface area contributed by atoms with Crippen LogP contribution in [0.2, 0.25) is 10.0 Å². The van der Waals surface area contributed by atoms with Gasteiger partial charge in [0.05, 0.1) is 12.7 Å². The van der Waals surface area contributed by atoms with Crippen LogP contribution in [0.1, 0.15) is 5.56 Å². The zero-order valence-corrected chi connectivity index (χ0v) is 18.3. The molecule has 2 N–H and O–H groups in total. The highest BCUT2D eigenvalue weighted by atomic mass is 35.5. The molecular weight excluding hydrogens is 447 g/mol. The predicted octanol–water partition coefficient (Wildman–Crippen LogP) is 5.81. The third-order valence-corrected chi connectivity index (χ3v) is 5.35. The van der Waals surface area contributed by atoms with Gasteiger partial charge in [0.25, 0.3) is 0 Å². The molecule has 0 bridgehead atoms. The molecule has 4 aromatic rings. The lowest BCUT2D eigenvalue weighted by Gasteiger charge is -2.22. The van der Waals surface area contributed by atoms with Crippen LogP contribution in [0.5, 0.6) is 5.75 Å². The molecule has 32 heavy (non-hydrogen) atoms. The number of nitrogens with zero attached hydrogens (tertiary/aromatic N) is 3. The predicted molar refractivity (Wildman–Crippen MR) is 126 cm³/mol. The number of benzene rings is 3. The topological polar surface area (TPSA) is 78.4 Å². The molecule has 1 amide bonds. The third-order valence-electron chi connectivity index (χ3n) is 4.85. The lowest BCUT2D eigenvalue weighted by Crippen LogP contribution is -2.29. The van der Waals surface area contributed by atoms with Crippen LogP contribution in [0.4, 0.5) is 5.82 Å². The molecule has 0 spiro atoms. The summed E-state index contributed by atoms with van der Waals surface area (Å²) in [6.07, 6.45) is 2.29. The largest absolute Gasteiger partial charge is 0.508 e. The Morgan fingerprint density at radius 2 is 1.53 bits per heavy atom. The average Bonchev–Trinajstić information content (AvgIpc) is 2.81. The van der Waals surface area contributed by atoms with Crippen LogP contribution in [-0.2, 0) is 11.3 Å². The zero-order valence-electron chi connectivity index (χ0n) is 16.7. The quantitative estimate of drug-likeness (QED) is 0.266. The van der Waals surface area contributed by atoms with Crippen LogP contribution < -0.4 is 5.43 Å². The van der Waals surface area contributed by atoms with E-state index in [2.05, 4.69) is 15.6 Å². The Bertz CT molecular complexity index is 1230. The number of hydrogen-bond acceptors (Lipinski definition) is 5. The summed E-state index contributed by atoms with van der Waals surface area (Å²) in [5.41, 5.74) is 6.88. The number of nitrogens with one attached hydrogen (secondary N) is 1. The van der Waals surface area contributed by atoms with Crippen molar-refractivity contribution < 1.29 is 9.90 Å². The van der Waals surface area contributed by atoms with Crippen molar-refractivity contribution in [2.45, 2.75) is 6.54 Å². The fraction of sp³-hybridized carbons (Fsp3) is 0.0417. The number of aromatic hydroxyl groups is 1. The summed E-state index contributed by atoms with van der Waals surface area (Å²) in [5.74, 6) is 0.474. The van der Waals surface area contributed by atoms with Gasteiger partial charge in [-0.2, -0.15) is 5.10 Å². The Balaban J connectivity index is 1.78. The van der Waals surface area contributed by atoms with Crippen LogP contribution in [0.3, 0.4) is 0 Å². The number of halogens is 2. The molecule has 0 atom stereocenters. The molecule has 160 valence electrons. The summed E-state index contributed by atoms with van der Waals surface area (Å²) in [4.78, 5) is 11.8. The van der Waals surface area contributed by atoms with E-state index in [0.29, 0.717) is 27.8 Å². The number of para-hydroxylation sites is 1. The highest BCUT2D eigenvalue weighted by Crippen LogP contribution is 2.37. The Morgan fingerprint density at radius 3 is 2.16 bits per heavy atom. The first-order valence-corrected chi connectivity index (χ1v) is 10.4. The van der Waals surface area contributed by atoms with Crippen molar-refractivity contribution in [1.29, 1.82) is 0 Å². The number of anilines is 1. The minimum Gasteiger partial charge on any atom is -0.508 e. The summed E-state index contributed by atoms with van der Waals surface area (Å²) in [6, 6.07) is 21.5. The molecule has 1 heterocycles. The van der Waals surface area contributed by atoms with E-state index >= 15 is 0 Å². The number of amides is 1. The zero-order chi connectivity index (χ0) is 22.5. The van der Waals surface area contributed by atoms with E-state index in [-0.39, 0.29) is 12.3 Å². The van der Waals surface area contributed by atoms with E-state index in [9.17, 15) is 9.90 Å². The molecule has 0 fully saturated rings. The number of hydrogen-bond donors (Lipinski definition) is 2. The Kier molecular flexibility index (Phi) is 6.54. The second-order valence-electron chi connectivity index (χ2n) is 6.97. The SMILES string of the molecule is O=CN(Cc1ccccc1O)Nc1nncc(-c2ccc(Cl)cc2)c1-c1ccc(Cl)cc1. The maximum atomic E-state index is 11.8. The van der Waals surface area contributed by atoms with Gasteiger partial charge in [-0.25, -0.2) is 0 Å². The van der Waals surface area contributed by atoms with Gasteiger partial charge >= 0.3 is 0 Å². The Hall–Kier alpha value is -3.61. The fourth-order valence-electron chi connectivity index (χ4n) is 3.29. The number of rotatable bonds is 7. The molecule has 0 saturated carbocycles. The minimum atomic E-state index is 0.0973. The van der Waals surface area contributed by atoms with Gasteiger partial charge in [0, 0.05) is 26.7 Å². The van der Waals surface area contributed by atoms with Crippen LogP contribution in [-0.4, -0.2) is 26.7 Å². The first-order chi connectivity index (χ1) is 15.5. The van der Waals surface area contributed by atoms with Crippen molar-refractivity contribution in [3.63, 3.8) is 0 Å². The van der Waals surface area contributed by atoms with Crippen molar-refractivity contribution in [1.82, 2.24) is 15.2 Å². The molecule has 0 radical (unpaired) electrons. The Morgan fingerprint density at radius 1 is 0.906 bits per heavy atom. The van der Waals surface area contributed by atoms with Gasteiger partial charge in [-0.1, -0.05) is 65.7 Å².